The van der Waals surface area contributed by atoms with E-state index in [4.69, 9.17) is 4.74 Å². The van der Waals surface area contributed by atoms with Gasteiger partial charge in [0, 0.05) is 31.0 Å². The zero-order valence-corrected chi connectivity index (χ0v) is 12.9. The molecule has 0 aliphatic heterocycles. The van der Waals surface area contributed by atoms with Gasteiger partial charge >= 0.3 is 0 Å². The number of hydrogen-bond donors (Lipinski definition) is 1. The minimum atomic E-state index is 0.704. The number of hydrogen-bond acceptors (Lipinski definition) is 3. The van der Waals surface area contributed by atoms with Crippen molar-refractivity contribution < 1.29 is 4.74 Å². The summed E-state index contributed by atoms with van der Waals surface area (Å²) in [4.78, 5) is 1.57. The van der Waals surface area contributed by atoms with Crippen LogP contribution in [0.5, 0.6) is 0 Å². The van der Waals surface area contributed by atoms with Gasteiger partial charge in [-0.2, -0.15) is 0 Å². The molecule has 0 radical (unpaired) electrons. The first kappa shape index (κ1) is 15.0. The van der Waals surface area contributed by atoms with Gasteiger partial charge in [-0.25, -0.2) is 0 Å². The molecule has 1 N–H and O–H groups in total. The number of rotatable bonds is 7. The molecule has 3 heteroatoms. The summed E-state index contributed by atoms with van der Waals surface area (Å²) >= 11 is 1.92. The van der Waals surface area contributed by atoms with Crippen LogP contribution in [-0.2, 0) is 4.74 Å². The Balaban J connectivity index is 1.93. The van der Waals surface area contributed by atoms with Crippen molar-refractivity contribution in [2.24, 2.45) is 5.92 Å². The lowest BCUT2D eigenvalue weighted by Gasteiger charge is -2.25. The average Bonchev–Trinajstić information content (AvgIpc) is 2.82. The van der Waals surface area contributed by atoms with Gasteiger partial charge in [0.05, 0.1) is 6.61 Å². The maximum Gasteiger partial charge on any atom is 0.0587 e. The van der Waals surface area contributed by atoms with Crippen LogP contribution in [0.2, 0.25) is 0 Å². The Morgan fingerprint density at radius 3 is 2.74 bits per heavy atom. The van der Waals surface area contributed by atoms with Crippen molar-refractivity contribution >= 4 is 11.3 Å². The van der Waals surface area contributed by atoms with Crippen molar-refractivity contribution in [3.8, 4) is 0 Å². The molecule has 1 unspecified atom stereocenters. The van der Waals surface area contributed by atoms with Crippen LogP contribution < -0.4 is 5.32 Å². The number of ether oxygens (including phenoxy) is 1. The molecule has 1 saturated carbocycles. The molecule has 1 atom stereocenters. The Labute approximate surface area is 121 Å². The number of nitrogens with one attached hydrogen (secondary N) is 1. The first-order valence-corrected chi connectivity index (χ1v) is 8.53. The van der Waals surface area contributed by atoms with Gasteiger partial charge < -0.3 is 10.1 Å². The van der Waals surface area contributed by atoms with E-state index in [1.54, 1.807) is 12.0 Å². The molecule has 2 rings (SSSR count). The third kappa shape index (κ3) is 4.90. The highest BCUT2D eigenvalue weighted by atomic mass is 32.1. The van der Waals surface area contributed by atoms with E-state index in [2.05, 4.69) is 22.8 Å². The molecule has 0 spiro atoms. The highest BCUT2D eigenvalue weighted by molar-refractivity contribution is 7.10. The number of thiophene rings is 1. The van der Waals surface area contributed by atoms with E-state index in [9.17, 15) is 0 Å². The number of methoxy groups -OCH3 is 1. The summed E-state index contributed by atoms with van der Waals surface area (Å²) in [6.45, 7) is 2.88. The summed E-state index contributed by atoms with van der Waals surface area (Å²) in [6.07, 6.45) is 8.54. The lowest BCUT2D eigenvalue weighted by atomic mass is 9.85. The molecule has 0 bridgehead atoms. The molecule has 1 heterocycles. The van der Waals surface area contributed by atoms with Crippen LogP contribution in [0.4, 0.5) is 0 Å². The SMILES string of the molecule is COCCNCC(c1cccs1)C1CCCCCC1. The minimum absolute atomic E-state index is 0.704. The van der Waals surface area contributed by atoms with E-state index < -0.39 is 0 Å². The van der Waals surface area contributed by atoms with Crippen LogP contribution in [0.3, 0.4) is 0 Å². The predicted octanol–water partition coefficient (Wildman–Crippen LogP) is 4.04. The van der Waals surface area contributed by atoms with Crippen molar-refractivity contribution in [1.82, 2.24) is 5.32 Å². The van der Waals surface area contributed by atoms with Crippen LogP contribution in [0.15, 0.2) is 17.5 Å². The molecule has 1 fully saturated rings. The maximum atomic E-state index is 5.12. The zero-order valence-electron chi connectivity index (χ0n) is 12.1. The monoisotopic (exact) mass is 281 g/mol. The van der Waals surface area contributed by atoms with E-state index >= 15 is 0 Å². The van der Waals surface area contributed by atoms with E-state index in [1.165, 1.54) is 38.5 Å². The molecule has 1 aromatic rings. The average molecular weight is 281 g/mol. The van der Waals surface area contributed by atoms with Crippen LogP contribution in [0.1, 0.15) is 49.3 Å². The molecule has 0 aromatic carbocycles. The van der Waals surface area contributed by atoms with Crippen molar-refractivity contribution in [3.63, 3.8) is 0 Å². The Bertz CT molecular complexity index is 317. The normalized spacial score (nSPS) is 19.2. The van der Waals surface area contributed by atoms with Gasteiger partial charge in [0.1, 0.15) is 0 Å². The maximum absolute atomic E-state index is 5.12. The lowest BCUT2D eigenvalue weighted by Crippen LogP contribution is -2.28. The quantitative estimate of drug-likeness (QED) is 0.601. The Morgan fingerprint density at radius 1 is 1.32 bits per heavy atom. The first-order chi connectivity index (χ1) is 9.42. The van der Waals surface area contributed by atoms with Crippen LogP contribution in [0, 0.1) is 5.92 Å². The van der Waals surface area contributed by atoms with Crippen molar-refractivity contribution in [3.05, 3.63) is 22.4 Å². The van der Waals surface area contributed by atoms with Gasteiger partial charge in [-0.05, 0) is 30.2 Å². The third-order valence-electron chi connectivity index (χ3n) is 4.22. The lowest BCUT2D eigenvalue weighted by molar-refractivity contribution is 0.197. The van der Waals surface area contributed by atoms with Gasteiger partial charge in [-0.15, -0.1) is 11.3 Å². The van der Waals surface area contributed by atoms with Crippen LogP contribution in [-0.4, -0.2) is 26.8 Å². The molecule has 1 aromatic heterocycles. The topological polar surface area (TPSA) is 21.3 Å². The fourth-order valence-corrected chi connectivity index (χ4v) is 4.07. The smallest absolute Gasteiger partial charge is 0.0587 e. The Kier molecular flexibility index (Phi) is 6.90. The molecule has 0 amide bonds. The highest BCUT2D eigenvalue weighted by Crippen LogP contribution is 2.36. The second-order valence-electron chi connectivity index (χ2n) is 5.57. The summed E-state index contributed by atoms with van der Waals surface area (Å²) in [6, 6.07) is 4.51. The van der Waals surface area contributed by atoms with Crippen molar-refractivity contribution in [2.75, 3.05) is 26.8 Å². The van der Waals surface area contributed by atoms with E-state index in [0.29, 0.717) is 5.92 Å². The van der Waals surface area contributed by atoms with E-state index in [-0.39, 0.29) is 0 Å². The van der Waals surface area contributed by atoms with Gasteiger partial charge in [-0.1, -0.05) is 31.7 Å². The molecular formula is C16H27NOS. The molecule has 1 aliphatic carbocycles. The molecule has 108 valence electrons. The second-order valence-corrected chi connectivity index (χ2v) is 6.55. The van der Waals surface area contributed by atoms with Crippen LogP contribution >= 0.6 is 11.3 Å². The van der Waals surface area contributed by atoms with Gasteiger partial charge in [0.2, 0.25) is 0 Å². The molecule has 0 saturated heterocycles. The van der Waals surface area contributed by atoms with Gasteiger partial charge in [0.15, 0.2) is 0 Å². The highest BCUT2D eigenvalue weighted by Gasteiger charge is 2.24. The van der Waals surface area contributed by atoms with Gasteiger partial charge in [-0.3, -0.25) is 0 Å². The summed E-state index contributed by atoms with van der Waals surface area (Å²) in [5, 5.41) is 5.79. The fraction of sp³-hybridized carbons (Fsp3) is 0.750. The Hall–Kier alpha value is -0.380. The molecule has 2 nitrogen and oxygen atoms in total. The molecule has 19 heavy (non-hydrogen) atoms. The first-order valence-electron chi connectivity index (χ1n) is 7.65. The fourth-order valence-electron chi connectivity index (χ4n) is 3.15. The van der Waals surface area contributed by atoms with Crippen molar-refractivity contribution in [1.29, 1.82) is 0 Å². The van der Waals surface area contributed by atoms with E-state index in [0.717, 1.165) is 25.6 Å². The summed E-state index contributed by atoms with van der Waals surface area (Å²) in [5.41, 5.74) is 0. The Morgan fingerprint density at radius 2 is 2.11 bits per heavy atom. The zero-order chi connectivity index (χ0) is 13.3. The van der Waals surface area contributed by atoms with E-state index in [1.807, 2.05) is 11.3 Å². The largest absolute Gasteiger partial charge is 0.383 e. The third-order valence-corrected chi connectivity index (χ3v) is 5.23. The van der Waals surface area contributed by atoms with Crippen molar-refractivity contribution in [2.45, 2.75) is 44.4 Å². The summed E-state index contributed by atoms with van der Waals surface area (Å²) < 4.78 is 5.12. The standard InChI is InChI=1S/C16H27NOS/c1-18-11-10-17-13-15(16-9-6-12-19-16)14-7-4-2-3-5-8-14/h6,9,12,14-15,17H,2-5,7-8,10-11,13H2,1H3. The summed E-state index contributed by atoms with van der Waals surface area (Å²) in [7, 11) is 1.77. The summed E-state index contributed by atoms with van der Waals surface area (Å²) in [5.74, 6) is 1.58. The van der Waals surface area contributed by atoms with Crippen LogP contribution in [0.25, 0.3) is 0 Å². The second kappa shape index (κ2) is 8.72. The predicted molar refractivity (Wildman–Crippen MR) is 83.0 cm³/mol. The minimum Gasteiger partial charge on any atom is -0.383 e. The van der Waals surface area contributed by atoms with Gasteiger partial charge in [0.25, 0.3) is 0 Å². The molecule has 1 aliphatic rings. The molecular weight excluding hydrogens is 254 g/mol.